The van der Waals surface area contributed by atoms with Crippen molar-refractivity contribution in [3.63, 3.8) is 0 Å². The van der Waals surface area contributed by atoms with E-state index in [2.05, 4.69) is 5.32 Å². The first-order valence-corrected chi connectivity index (χ1v) is 7.19. The zero-order chi connectivity index (χ0) is 12.3. The Kier molecular flexibility index (Phi) is 8.67. The van der Waals surface area contributed by atoms with Gasteiger partial charge in [-0.2, -0.15) is 0 Å². The number of nitrogens with one attached hydrogen (secondary N) is 1. The lowest BCUT2D eigenvalue weighted by atomic mass is 9.79. The largest absolute Gasteiger partial charge is 0.396 e. The standard InChI is InChI=1S/C14H29NO2/c1-17-11-5-9-15-10-8-14(12-16)13-6-3-2-4-7-13/h13-16H,2-12H2,1H3. The maximum Gasteiger partial charge on any atom is 0.0474 e. The van der Waals surface area contributed by atoms with E-state index in [9.17, 15) is 5.11 Å². The molecule has 0 aromatic rings. The summed E-state index contributed by atoms with van der Waals surface area (Å²) in [6.45, 7) is 3.26. The maximum absolute atomic E-state index is 9.47. The van der Waals surface area contributed by atoms with E-state index in [1.165, 1.54) is 32.1 Å². The van der Waals surface area contributed by atoms with Gasteiger partial charge in [-0.3, -0.25) is 0 Å². The summed E-state index contributed by atoms with van der Waals surface area (Å²) in [7, 11) is 1.74. The van der Waals surface area contributed by atoms with Gasteiger partial charge in [0.2, 0.25) is 0 Å². The SMILES string of the molecule is COCCCNCCC(CO)C1CCCCC1. The minimum atomic E-state index is 0.365. The second kappa shape index (κ2) is 9.86. The Morgan fingerprint density at radius 3 is 2.65 bits per heavy atom. The van der Waals surface area contributed by atoms with E-state index in [1.807, 2.05) is 0 Å². The first kappa shape index (κ1) is 14.9. The Bertz CT molecular complexity index is 170. The number of methoxy groups -OCH3 is 1. The third-order valence-corrected chi connectivity index (χ3v) is 3.94. The molecule has 0 bridgehead atoms. The quantitative estimate of drug-likeness (QED) is 0.610. The smallest absolute Gasteiger partial charge is 0.0474 e. The lowest BCUT2D eigenvalue weighted by Crippen LogP contribution is -2.27. The second-order valence-electron chi connectivity index (χ2n) is 5.23. The van der Waals surface area contributed by atoms with E-state index >= 15 is 0 Å². The van der Waals surface area contributed by atoms with Crippen molar-refractivity contribution in [1.29, 1.82) is 0 Å². The van der Waals surface area contributed by atoms with Crippen LogP contribution in [0.3, 0.4) is 0 Å². The molecule has 1 saturated carbocycles. The fourth-order valence-corrected chi connectivity index (χ4v) is 2.84. The maximum atomic E-state index is 9.47. The van der Waals surface area contributed by atoms with Crippen molar-refractivity contribution < 1.29 is 9.84 Å². The third kappa shape index (κ3) is 6.39. The van der Waals surface area contributed by atoms with Crippen molar-refractivity contribution in [2.45, 2.75) is 44.9 Å². The molecule has 0 amide bonds. The highest BCUT2D eigenvalue weighted by molar-refractivity contribution is 4.74. The van der Waals surface area contributed by atoms with Gasteiger partial charge in [-0.15, -0.1) is 0 Å². The van der Waals surface area contributed by atoms with Crippen LogP contribution in [0.15, 0.2) is 0 Å². The zero-order valence-corrected chi connectivity index (χ0v) is 11.3. The van der Waals surface area contributed by atoms with Gasteiger partial charge in [-0.05, 0) is 37.8 Å². The molecule has 1 atom stereocenters. The minimum absolute atomic E-state index is 0.365. The van der Waals surface area contributed by atoms with Crippen LogP contribution in [0, 0.1) is 11.8 Å². The summed E-state index contributed by atoms with van der Waals surface area (Å²) >= 11 is 0. The van der Waals surface area contributed by atoms with Crippen LogP contribution in [0.25, 0.3) is 0 Å². The summed E-state index contributed by atoms with van der Waals surface area (Å²) in [5, 5.41) is 12.9. The van der Waals surface area contributed by atoms with Gasteiger partial charge in [0.05, 0.1) is 0 Å². The molecule has 0 heterocycles. The number of aliphatic hydroxyl groups is 1. The summed E-state index contributed by atoms with van der Waals surface area (Å²) < 4.78 is 5.01. The molecule has 1 rings (SSSR count). The fraction of sp³-hybridized carbons (Fsp3) is 1.00. The van der Waals surface area contributed by atoms with Crippen molar-refractivity contribution in [2.24, 2.45) is 11.8 Å². The normalized spacial score (nSPS) is 19.4. The van der Waals surface area contributed by atoms with E-state index in [1.54, 1.807) is 7.11 Å². The number of ether oxygens (including phenoxy) is 1. The molecule has 3 nitrogen and oxygen atoms in total. The van der Waals surface area contributed by atoms with E-state index in [0.29, 0.717) is 12.5 Å². The summed E-state index contributed by atoms with van der Waals surface area (Å²) in [5.74, 6) is 1.29. The molecule has 2 N–H and O–H groups in total. The van der Waals surface area contributed by atoms with E-state index < -0.39 is 0 Å². The van der Waals surface area contributed by atoms with E-state index in [4.69, 9.17) is 4.74 Å². The molecule has 102 valence electrons. The first-order chi connectivity index (χ1) is 8.38. The molecule has 1 unspecified atom stereocenters. The van der Waals surface area contributed by atoms with Crippen LogP contribution in [0.5, 0.6) is 0 Å². The van der Waals surface area contributed by atoms with Crippen molar-refractivity contribution in [3.8, 4) is 0 Å². The number of hydrogen-bond donors (Lipinski definition) is 2. The molecular weight excluding hydrogens is 214 g/mol. The molecular formula is C14H29NO2. The van der Waals surface area contributed by atoms with Crippen molar-refractivity contribution in [3.05, 3.63) is 0 Å². The number of hydrogen-bond acceptors (Lipinski definition) is 3. The highest BCUT2D eigenvalue weighted by atomic mass is 16.5. The Morgan fingerprint density at radius 1 is 1.24 bits per heavy atom. The van der Waals surface area contributed by atoms with Crippen LogP contribution in [-0.2, 0) is 4.74 Å². The van der Waals surface area contributed by atoms with E-state index in [0.717, 1.165) is 38.5 Å². The molecule has 1 aliphatic rings. The van der Waals surface area contributed by atoms with Crippen molar-refractivity contribution in [2.75, 3.05) is 33.4 Å². The van der Waals surface area contributed by atoms with Gasteiger partial charge in [0.15, 0.2) is 0 Å². The molecule has 1 aliphatic carbocycles. The summed E-state index contributed by atoms with van der Waals surface area (Å²) in [6.07, 6.45) is 8.97. The van der Waals surface area contributed by atoms with Gasteiger partial charge in [0, 0.05) is 20.3 Å². The molecule has 0 radical (unpaired) electrons. The first-order valence-electron chi connectivity index (χ1n) is 7.19. The monoisotopic (exact) mass is 243 g/mol. The van der Waals surface area contributed by atoms with Gasteiger partial charge >= 0.3 is 0 Å². The molecule has 0 aromatic carbocycles. The number of rotatable bonds is 9. The van der Waals surface area contributed by atoms with Crippen LogP contribution in [0.1, 0.15) is 44.9 Å². The van der Waals surface area contributed by atoms with Gasteiger partial charge in [-0.1, -0.05) is 32.1 Å². The second-order valence-corrected chi connectivity index (χ2v) is 5.23. The predicted octanol–water partition coefficient (Wildman–Crippen LogP) is 2.19. The van der Waals surface area contributed by atoms with Crippen molar-refractivity contribution >= 4 is 0 Å². The lowest BCUT2D eigenvalue weighted by Gasteiger charge is -2.29. The molecule has 0 saturated heterocycles. The summed E-state index contributed by atoms with van der Waals surface area (Å²) in [6, 6.07) is 0. The Balaban J connectivity index is 2.05. The molecule has 3 heteroatoms. The Morgan fingerprint density at radius 2 is 2.00 bits per heavy atom. The zero-order valence-electron chi connectivity index (χ0n) is 11.3. The topological polar surface area (TPSA) is 41.5 Å². The lowest BCUT2D eigenvalue weighted by molar-refractivity contribution is 0.139. The van der Waals surface area contributed by atoms with Gasteiger partial charge < -0.3 is 15.2 Å². The average Bonchev–Trinajstić information content (AvgIpc) is 2.39. The third-order valence-electron chi connectivity index (χ3n) is 3.94. The average molecular weight is 243 g/mol. The number of aliphatic hydroxyl groups excluding tert-OH is 1. The Labute approximate surface area is 106 Å². The van der Waals surface area contributed by atoms with Gasteiger partial charge in [0.1, 0.15) is 0 Å². The van der Waals surface area contributed by atoms with E-state index in [-0.39, 0.29) is 0 Å². The fourth-order valence-electron chi connectivity index (χ4n) is 2.84. The van der Waals surface area contributed by atoms with Crippen LogP contribution in [0.4, 0.5) is 0 Å². The Hall–Kier alpha value is -0.120. The molecule has 0 aromatic heterocycles. The van der Waals surface area contributed by atoms with Crippen LogP contribution < -0.4 is 5.32 Å². The molecule has 1 fully saturated rings. The molecule has 17 heavy (non-hydrogen) atoms. The van der Waals surface area contributed by atoms with Crippen molar-refractivity contribution in [1.82, 2.24) is 5.32 Å². The minimum Gasteiger partial charge on any atom is -0.396 e. The molecule has 0 spiro atoms. The van der Waals surface area contributed by atoms with Crippen LogP contribution in [-0.4, -0.2) is 38.5 Å². The van der Waals surface area contributed by atoms with Crippen LogP contribution >= 0.6 is 0 Å². The molecule has 0 aliphatic heterocycles. The summed E-state index contributed by atoms with van der Waals surface area (Å²) in [5.41, 5.74) is 0. The highest BCUT2D eigenvalue weighted by Crippen LogP contribution is 2.31. The van der Waals surface area contributed by atoms with Gasteiger partial charge in [0.25, 0.3) is 0 Å². The van der Waals surface area contributed by atoms with Gasteiger partial charge in [-0.25, -0.2) is 0 Å². The van der Waals surface area contributed by atoms with Crippen LogP contribution in [0.2, 0.25) is 0 Å². The summed E-state index contributed by atoms with van der Waals surface area (Å²) in [4.78, 5) is 0. The highest BCUT2D eigenvalue weighted by Gasteiger charge is 2.22. The predicted molar refractivity (Wildman–Crippen MR) is 71.1 cm³/mol.